The van der Waals surface area contributed by atoms with Crippen molar-refractivity contribution in [3.8, 4) is 0 Å². The van der Waals surface area contributed by atoms with Crippen LogP contribution in [0.15, 0.2) is 46.2 Å². The first-order chi connectivity index (χ1) is 7.98. The smallest absolute Gasteiger partial charge is 0.294 e. The second kappa shape index (κ2) is 4.19. The van der Waals surface area contributed by atoms with Crippen molar-refractivity contribution in [3.05, 3.63) is 52.4 Å². The van der Waals surface area contributed by atoms with Crippen molar-refractivity contribution in [1.29, 1.82) is 0 Å². The molecule has 6 nitrogen and oxygen atoms in total. The Balaban J connectivity index is 2.47. The van der Waals surface area contributed by atoms with Crippen LogP contribution in [0.3, 0.4) is 0 Å². The second-order valence-corrected chi connectivity index (χ2v) is 4.86. The highest BCUT2D eigenvalue weighted by atomic mass is 32.2. The monoisotopic (exact) mass is 254 g/mol. The summed E-state index contributed by atoms with van der Waals surface area (Å²) in [5, 5.41) is 2.66. The van der Waals surface area contributed by atoms with Crippen LogP contribution in [0.1, 0.15) is 5.56 Å². The standard InChI is InChI=1S/C10H10N2O4S/c13-10-5-6-11-12(10)7-8-3-1-2-4-9(8)17(14,15)16/h1-6,11H,7H2,(H,14,15,16). The van der Waals surface area contributed by atoms with Crippen molar-refractivity contribution in [2.24, 2.45) is 0 Å². The van der Waals surface area contributed by atoms with Gasteiger partial charge >= 0.3 is 0 Å². The zero-order valence-corrected chi connectivity index (χ0v) is 9.52. The Hall–Kier alpha value is -1.86. The highest BCUT2D eigenvalue weighted by Gasteiger charge is 2.15. The Labute approximate surface area is 97.3 Å². The second-order valence-electron chi connectivity index (χ2n) is 3.47. The molecule has 1 aromatic heterocycles. The van der Waals surface area contributed by atoms with E-state index < -0.39 is 10.1 Å². The Bertz CT molecular complexity index is 684. The number of aromatic nitrogens is 2. The van der Waals surface area contributed by atoms with Crippen LogP contribution in [-0.2, 0) is 16.7 Å². The highest BCUT2D eigenvalue weighted by molar-refractivity contribution is 7.85. The molecule has 0 amide bonds. The van der Waals surface area contributed by atoms with Gasteiger partial charge in [0, 0.05) is 12.3 Å². The van der Waals surface area contributed by atoms with E-state index in [2.05, 4.69) is 5.10 Å². The predicted octanol–water partition coefficient (Wildman–Crippen LogP) is 0.471. The molecule has 1 aromatic carbocycles. The third-order valence-electron chi connectivity index (χ3n) is 2.30. The van der Waals surface area contributed by atoms with Crippen LogP contribution in [-0.4, -0.2) is 22.8 Å². The van der Waals surface area contributed by atoms with Crippen LogP contribution >= 0.6 is 0 Å². The molecule has 0 unspecified atom stereocenters. The Morgan fingerprint density at radius 2 is 1.94 bits per heavy atom. The summed E-state index contributed by atoms with van der Waals surface area (Å²) in [4.78, 5) is 11.1. The maximum absolute atomic E-state index is 11.3. The molecular formula is C10H10N2O4S. The number of rotatable bonds is 3. The Morgan fingerprint density at radius 1 is 1.24 bits per heavy atom. The van der Waals surface area contributed by atoms with E-state index in [0.717, 1.165) is 0 Å². The highest BCUT2D eigenvalue weighted by Crippen LogP contribution is 2.15. The topological polar surface area (TPSA) is 92.2 Å². The first-order valence-corrected chi connectivity index (χ1v) is 6.22. The Kier molecular flexibility index (Phi) is 2.86. The van der Waals surface area contributed by atoms with E-state index in [1.807, 2.05) is 0 Å². The van der Waals surface area contributed by atoms with Gasteiger partial charge in [0.2, 0.25) is 0 Å². The lowest BCUT2D eigenvalue weighted by molar-refractivity contribution is 0.481. The van der Waals surface area contributed by atoms with Gasteiger partial charge in [-0.2, -0.15) is 8.42 Å². The fraction of sp³-hybridized carbons (Fsp3) is 0.100. The summed E-state index contributed by atoms with van der Waals surface area (Å²) in [7, 11) is -4.28. The van der Waals surface area contributed by atoms with Gasteiger partial charge in [-0.25, -0.2) is 4.68 Å². The van der Waals surface area contributed by atoms with E-state index in [9.17, 15) is 13.2 Å². The van der Waals surface area contributed by atoms with Crippen molar-refractivity contribution in [3.63, 3.8) is 0 Å². The number of H-pyrrole nitrogens is 1. The van der Waals surface area contributed by atoms with Crippen molar-refractivity contribution in [2.45, 2.75) is 11.4 Å². The Morgan fingerprint density at radius 3 is 2.53 bits per heavy atom. The molecule has 0 atom stereocenters. The van der Waals surface area contributed by atoms with Crippen LogP contribution in [0.25, 0.3) is 0 Å². The van der Waals surface area contributed by atoms with Gasteiger partial charge < -0.3 is 5.10 Å². The minimum atomic E-state index is -4.28. The quantitative estimate of drug-likeness (QED) is 0.779. The molecule has 0 bridgehead atoms. The molecule has 0 radical (unpaired) electrons. The normalized spacial score (nSPS) is 11.6. The number of aromatic amines is 1. The van der Waals surface area contributed by atoms with Gasteiger partial charge in [0.15, 0.2) is 0 Å². The molecule has 0 saturated heterocycles. The zero-order chi connectivity index (χ0) is 12.5. The number of benzene rings is 1. The number of nitrogens with one attached hydrogen (secondary N) is 1. The molecule has 17 heavy (non-hydrogen) atoms. The van der Waals surface area contributed by atoms with Crippen molar-refractivity contribution >= 4 is 10.1 Å². The van der Waals surface area contributed by atoms with Crippen molar-refractivity contribution in [1.82, 2.24) is 9.78 Å². The third kappa shape index (κ3) is 2.45. The molecule has 90 valence electrons. The van der Waals surface area contributed by atoms with Crippen molar-refractivity contribution in [2.75, 3.05) is 0 Å². The number of nitrogens with zero attached hydrogens (tertiary/aromatic N) is 1. The molecule has 2 rings (SSSR count). The van der Waals surface area contributed by atoms with Crippen molar-refractivity contribution < 1.29 is 13.0 Å². The van der Waals surface area contributed by atoms with E-state index in [-0.39, 0.29) is 17.0 Å². The molecule has 0 aliphatic carbocycles. The van der Waals surface area contributed by atoms with E-state index in [4.69, 9.17) is 4.55 Å². The van der Waals surface area contributed by atoms with Gasteiger partial charge in [0.1, 0.15) is 0 Å². The minimum absolute atomic E-state index is 0.0573. The molecule has 7 heteroatoms. The SMILES string of the molecule is O=c1cc[nH]n1Cc1ccccc1S(=O)(=O)O. The first-order valence-electron chi connectivity index (χ1n) is 4.78. The molecule has 0 spiro atoms. The maximum atomic E-state index is 11.3. The molecule has 0 aliphatic rings. The molecule has 1 heterocycles. The lowest BCUT2D eigenvalue weighted by Gasteiger charge is -2.06. The molecule has 0 aliphatic heterocycles. The minimum Gasteiger partial charge on any atom is -0.303 e. The van der Waals surface area contributed by atoms with Crippen LogP contribution in [0, 0.1) is 0 Å². The lowest BCUT2D eigenvalue weighted by Crippen LogP contribution is -2.18. The molecule has 0 fully saturated rings. The van der Waals surface area contributed by atoms with Gasteiger partial charge in [-0.05, 0) is 11.6 Å². The van der Waals surface area contributed by atoms with Crippen LogP contribution < -0.4 is 5.56 Å². The maximum Gasteiger partial charge on any atom is 0.294 e. The molecular weight excluding hydrogens is 244 g/mol. The third-order valence-corrected chi connectivity index (χ3v) is 3.26. The number of hydrogen-bond acceptors (Lipinski definition) is 3. The van der Waals surface area contributed by atoms with Gasteiger partial charge in [0.25, 0.3) is 15.7 Å². The summed E-state index contributed by atoms with van der Waals surface area (Å²) in [5.41, 5.74) is 0.0784. The average molecular weight is 254 g/mol. The summed E-state index contributed by atoms with van der Waals surface area (Å²) in [6.45, 7) is 0.0573. The summed E-state index contributed by atoms with van der Waals surface area (Å²) < 4.78 is 32.5. The van der Waals surface area contributed by atoms with E-state index in [0.29, 0.717) is 5.56 Å². The van der Waals surface area contributed by atoms with E-state index >= 15 is 0 Å². The summed E-state index contributed by atoms with van der Waals surface area (Å²) in [6.07, 6.45) is 1.46. The van der Waals surface area contributed by atoms with Crippen LogP contribution in [0.5, 0.6) is 0 Å². The zero-order valence-electron chi connectivity index (χ0n) is 8.70. The molecule has 0 saturated carbocycles. The van der Waals surface area contributed by atoms with E-state index in [1.165, 1.54) is 35.1 Å². The predicted molar refractivity (Wildman–Crippen MR) is 60.4 cm³/mol. The largest absolute Gasteiger partial charge is 0.303 e. The molecule has 2 aromatic rings. The van der Waals surface area contributed by atoms with Crippen LogP contribution in [0.4, 0.5) is 0 Å². The summed E-state index contributed by atoms with van der Waals surface area (Å²) in [5.74, 6) is 0. The average Bonchev–Trinajstić information content (AvgIpc) is 2.64. The van der Waals surface area contributed by atoms with Gasteiger partial charge in [-0.1, -0.05) is 18.2 Å². The lowest BCUT2D eigenvalue weighted by atomic mass is 10.2. The first kappa shape index (κ1) is 11.6. The van der Waals surface area contributed by atoms with E-state index in [1.54, 1.807) is 6.07 Å². The summed E-state index contributed by atoms with van der Waals surface area (Å²) in [6, 6.07) is 7.30. The van der Waals surface area contributed by atoms with Crippen LogP contribution in [0.2, 0.25) is 0 Å². The fourth-order valence-corrected chi connectivity index (χ4v) is 2.25. The molecule has 2 N–H and O–H groups in total. The summed E-state index contributed by atoms with van der Waals surface area (Å²) >= 11 is 0. The fourth-order valence-electron chi connectivity index (χ4n) is 1.53. The number of hydrogen-bond donors (Lipinski definition) is 2. The van der Waals surface area contributed by atoms with Gasteiger partial charge in [-0.15, -0.1) is 0 Å². The van der Waals surface area contributed by atoms with Gasteiger partial charge in [-0.3, -0.25) is 9.35 Å². The van der Waals surface area contributed by atoms with Gasteiger partial charge in [0.05, 0.1) is 11.4 Å².